The third kappa shape index (κ3) is 3.07. The van der Waals surface area contributed by atoms with Crippen molar-refractivity contribution in [2.24, 2.45) is 0 Å². The van der Waals surface area contributed by atoms with Gasteiger partial charge in [-0.25, -0.2) is 8.78 Å². The van der Waals surface area contributed by atoms with Crippen LogP contribution >= 0.6 is 11.6 Å². The molecule has 0 saturated heterocycles. The van der Waals surface area contributed by atoms with Crippen molar-refractivity contribution in [3.05, 3.63) is 53.0 Å². The lowest BCUT2D eigenvalue weighted by atomic mass is 10.1. The van der Waals surface area contributed by atoms with Crippen molar-refractivity contribution in [2.45, 2.75) is 13.8 Å². The summed E-state index contributed by atoms with van der Waals surface area (Å²) in [5, 5.41) is 7.22. The Bertz CT molecular complexity index is 932. The first kappa shape index (κ1) is 16.3. The predicted molar refractivity (Wildman–Crippen MR) is 89.1 cm³/mol. The topological polar surface area (TPSA) is 55.1 Å². The van der Waals surface area contributed by atoms with E-state index in [4.69, 9.17) is 11.6 Å². The molecule has 3 rings (SSSR count). The van der Waals surface area contributed by atoms with Crippen LogP contribution in [0.15, 0.2) is 36.2 Å². The molecule has 2 aromatic heterocycles. The highest BCUT2D eigenvalue weighted by atomic mass is 35.5. The van der Waals surface area contributed by atoms with Gasteiger partial charge in [0.15, 0.2) is 0 Å². The Hall–Kier alpha value is -2.54. The van der Waals surface area contributed by atoms with Crippen LogP contribution in [0.4, 0.5) is 14.6 Å². The predicted octanol–water partition coefficient (Wildman–Crippen LogP) is 4.10. The molecule has 0 aliphatic carbocycles. The van der Waals surface area contributed by atoms with Gasteiger partial charge < -0.3 is 5.32 Å². The zero-order valence-electron chi connectivity index (χ0n) is 13.0. The number of allylic oxidation sites excluding steroid dienone is 1. The van der Waals surface area contributed by atoms with Gasteiger partial charge in [0.2, 0.25) is 0 Å². The molecule has 8 heteroatoms. The summed E-state index contributed by atoms with van der Waals surface area (Å²) in [6.07, 6.45) is 3.26. The molecule has 2 heterocycles. The SMILES string of the molecule is CC(C)=CCNc1c(-c2cc(F)ccc2F)c(Cl)nc2ncnn12. The summed E-state index contributed by atoms with van der Waals surface area (Å²) in [6, 6.07) is 3.17. The summed E-state index contributed by atoms with van der Waals surface area (Å²) in [5.74, 6) is -0.522. The van der Waals surface area contributed by atoms with E-state index < -0.39 is 11.6 Å². The Labute approximate surface area is 142 Å². The largest absolute Gasteiger partial charge is 0.366 e. The van der Waals surface area contributed by atoms with Crippen molar-refractivity contribution in [3.63, 3.8) is 0 Å². The number of halogens is 3. The van der Waals surface area contributed by atoms with Gasteiger partial charge in [-0.2, -0.15) is 19.6 Å². The Kier molecular flexibility index (Phi) is 4.44. The molecular formula is C16H14ClF2N5. The van der Waals surface area contributed by atoms with E-state index in [0.717, 1.165) is 23.8 Å². The van der Waals surface area contributed by atoms with E-state index in [0.29, 0.717) is 12.4 Å². The number of benzene rings is 1. The molecule has 0 amide bonds. The lowest BCUT2D eigenvalue weighted by molar-refractivity contribution is 0.603. The first-order chi connectivity index (χ1) is 11.5. The molecule has 5 nitrogen and oxygen atoms in total. The lowest BCUT2D eigenvalue weighted by Gasteiger charge is -2.14. The van der Waals surface area contributed by atoms with Gasteiger partial charge in [0.25, 0.3) is 5.78 Å². The number of anilines is 1. The summed E-state index contributed by atoms with van der Waals surface area (Å²) in [6.45, 7) is 4.38. The fraction of sp³-hybridized carbons (Fsp3) is 0.188. The van der Waals surface area contributed by atoms with Crippen molar-refractivity contribution in [3.8, 4) is 11.1 Å². The van der Waals surface area contributed by atoms with Crippen molar-refractivity contribution in [2.75, 3.05) is 11.9 Å². The van der Waals surface area contributed by atoms with E-state index in [1.54, 1.807) is 0 Å². The van der Waals surface area contributed by atoms with Crippen LogP contribution in [-0.4, -0.2) is 26.1 Å². The second-order valence-electron chi connectivity index (χ2n) is 5.38. The average molecular weight is 350 g/mol. The number of aromatic nitrogens is 4. The van der Waals surface area contributed by atoms with E-state index in [1.807, 2.05) is 19.9 Å². The van der Waals surface area contributed by atoms with Crippen molar-refractivity contribution in [1.82, 2.24) is 19.6 Å². The first-order valence-corrected chi connectivity index (χ1v) is 7.57. The van der Waals surface area contributed by atoms with Gasteiger partial charge in [0.05, 0.1) is 5.56 Å². The molecule has 0 aliphatic heterocycles. The van der Waals surface area contributed by atoms with E-state index in [9.17, 15) is 8.78 Å². The molecular weight excluding hydrogens is 336 g/mol. The van der Waals surface area contributed by atoms with Crippen molar-refractivity contribution in [1.29, 1.82) is 0 Å². The van der Waals surface area contributed by atoms with E-state index >= 15 is 0 Å². The van der Waals surface area contributed by atoms with Crippen molar-refractivity contribution >= 4 is 23.2 Å². The van der Waals surface area contributed by atoms with Crippen LogP contribution in [-0.2, 0) is 0 Å². The smallest absolute Gasteiger partial charge is 0.255 e. The third-order valence-corrected chi connectivity index (χ3v) is 3.63. The Morgan fingerprint density at radius 3 is 2.88 bits per heavy atom. The number of nitrogens with zero attached hydrogens (tertiary/aromatic N) is 4. The molecule has 1 N–H and O–H groups in total. The lowest BCUT2D eigenvalue weighted by Crippen LogP contribution is -2.09. The van der Waals surface area contributed by atoms with Crippen LogP contribution in [0.1, 0.15) is 13.8 Å². The molecule has 124 valence electrons. The second kappa shape index (κ2) is 6.52. The zero-order chi connectivity index (χ0) is 17.3. The minimum absolute atomic E-state index is 0.00426. The Morgan fingerprint density at radius 2 is 2.12 bits per heavy atom. The number of hydrogen-bond donors (Lipinski definition) is 1. The van der Waals surface area contributed by atoms with Crippen LogP contribution in [0.5, 0.6) is 0 Å². The Balaban J connectivity index is 2.23. The maximum Gasteiger partial charge on any atom is 0.255 e. The second-order valence-corrected chi connectivity index (χ2v) is 5.74. The maximum atomic E-state index is 14.3. The minimum atomic E-state index is -0.607. The monoisotopic (exact) mass is 349 g/mol. The molecule has 0 atom stereocenters. The Morgan fingerprint density at radius 1 is 1.33 bits per heavy atom. The molecule has 0 saturated carbocycles. The van der Waals surface area contributed by atoms with Gasteiger partial charge in [-0.05, 0) is 32.0 Å². The number of fused-ring (bicyclic) bond motifs is 1. The molecule has 0 bridgehead atoms. The first-order valence-electron chi connectivity index (χ1n) is 7.19. The van der Waals surface area contributed by atoms with Crippen LogP contribution < -0.4 is 5.32 Å². The van der Waals surface area contributed by atoms with E-state index in [-0.39, 0.29) is 22.1 Å². The third-order valence-electron chi connectivity index (χ3n) is 3.36. The van der Waals surface area contributed by atoms with Crippen LogP contribution in [0.2, 0.25) is 5.15 Å². The quantitative estimate of drug-likeness (QED) is 0.569. The fourth-order valence-electron chi connectivity index (χ4n) is 2.26. The molecule has 0 fully saturated rings. The van der Waals surface area contributed by atoms with Crippen LogP contribution in [0, 0.1) is 11.6 Å². The maximum absolute atomic E-state index is 14.3. The summed E-state index contributed by atoms with van der Waals surface area (Å²) in [7, 11) is 0. The molecule has 0 radical (unpaired) electrons. The van der Waals surface area contributed by atoms with Gasteiger partial charge in [0, 0.05) is 12.1 Å². The van der Waals surface area contributed by atoms with E-state index in [2.05, 4.69) is 20.4 Å². The summed E-state index contributed by atoms with van der Waals surface area (Å²) in [5.41, 5.74) is 1.34. The number of nitrogens with one attached hydrogen (secondary N) is 1. The van der Waals surface area contributed by atoms with Gasteiger partial charge in [-0.1, -0.05) is 23.3 Å². The summed E-state index contributed by atoms with van der Waals surface area (Å²) >= 11 is 6.23. The van der Waals surface area contributed by atoms with Gasteiger partial charge in [0.1, 0.15) is 28.9 Å². The van der Waals surface area contributed by atoms with Gasteiger partial charge in [-0.15, -0.1) is 0 Å². The molecule has 0 aliphatic rings. The summed E-state index contributed by atoms with van der Waals surface area (Å²) < 4.78 is 29.3. The summed E-state index contributed by atoms with van der Waals surface area (Å²) in [4.78, 5) is 8.09. The minimum Gasteiger partial charge on any atom is -0.366 e. The zero-order valence-corrected chi connectivity index (χ0v) is 13.8. The molecule has 0 spiro atoms. The van der Waals surface area contributed by atoms with Crippen LogP contribution in [0.25, 0.3) is 16.9 Å². The normalized spacial score (nSPS) is 10.9. The fourth-order valence-corrected chi connectivity index (χ4v) is 2.53. The number of rotatable bonds is 4. The highest BCUT2D eigenvalue weighted by Crippen LogP contribution is 2.35. The van der Waals surface area contributed by atoms with E-state index in [1.165, 1.54) is 10.8 Å². The number of hydrogen-bond acceptors (Lipinski definition) is 4. The molecule has 0 unspecified atom stereocenters. The van der Waals surface area contributed by atoms with Crippen molar-refractivity contribution < 1.29 is 8.78 Å². The highest BCUT2D eigenvalue weighted by molar-refractivity contribution is 6.33. The van der Waals surface area contributed by atoms with Gasteiger partial charge in [-0.3, -0.25) is 0 Å². The standard InChI is InChI=1S/C16H14ClF2N5/c1-9(2)5-6-20-15-13(11-7-10(18)3-4-12(11)19)14(17)23-16-21-8-22-24(15)16/h3-5,7-8,20H,6H2,1-2H3. The average Bonchev–Trinajstić information content (AvgIpc) is 2.97. The van der Waals surface area contributed by atoms with Crippen LogP contribution in [0.3, 0.4) is 0 Å². The molecule has 1 aromatic carbocycles. The van der Waals surface area contributed by atoms with Gasteiger partial charge >= 0.3 is 0 Å². The molecule has 3 aromatic rings. The highest BCUT2D eigenvalue weighted by Gasteiger charge is 2.20. The molecule has 24 heavy (non-hydrogen) atoms.